The van der Waals surface area contributed by atoms with E-state index in [1.54, 1.807) is 19.5 Å². The Labute approximate surface area is 215 Å². The predicted octanol–water partition coefficient (Wildman–Crippen LogP) is 4.79. The summed E-state index contributed by atoms with van der Waals surface area (Å²) in [7, 11) is 3.17. The normalized spacial score (nSPS) is 23.8. The predicted molar refractivity (Wildman–Crippen MR) is 139 cm³/mol. The molecule has 3 aromatic rings. The molecule has 194 valence electrons. The zero-order chi connectivity index (χ0) is 26.2. The zero-order valence-electron chi connectivity index (χ0n) is 21.5. The molecule has 1 N–H and O–H groups in total. The van der Waals surface area contributed by atoms with Gasteiger partial charge in [0.05, 0.1) is 30.4 Å². The Morgan fingerprint density at radius 2 is 2.00 bits per heavy atom. The SMILES string of the molecule is CON=C1C(=Cc2ccc(-n3cnc(C)c3)c(OC)c2)CCC2CNCC(C)(c3ccc(F)c(F)c3)N12. The molecular formula is C28H31F2N5O2. The molecule has 3 heterocycles. The number of oxime groups is 1. The van der Waals surface area contributed by atoms with E-state index < -0.39 is 17.2 Å². The van der Waals surface area contributed by atoms with Crippen LogP contribution in [0.2, 0.25) is 0 Å². The number of halogens is 2. The van der Waals surface area contributed by atoms with Crippen LogP contribution in [0.5, 0.6) is 5.75 Å². The van der Waals surface area contributed by atoms with Crippen LogP contribution >= 0.6 is 0 Å². The number of rotatable bonds is 5. The molecule has 7 nitrogen and oxygen atoms in total. The van der Waals surface area contributed by atoms with Crippen molar-refractivity contribution in [3.05, 3.63) is 83.0 Å². The van der Waals surface area contributed by atoms with E-state index in [9.17, 15) is 8.78 Å². The fraction of sp³-hybridized carbons (Fsp3) is 0.357. The van der Waals surface area contributed by atoms with E-state index in [-0.39, 0.29) is 6.04 Å². The number of nitrogens with one attached hydrogen (secondary N) is 1. The molecule has 9 heteroatoms. The van der Waals surface area contributed by atoms with Gasteiger partial charge in [0.15, 0.2) is 17.5 Å². The molecular weight excluding hydrogens is 476 g/mol. The Balaban J connectivity index is 1.55. The van der Waals surface area contributed by atoms with Crippen LogP contribution in [0.1, 0.15) is 36.6 Å². The first-order valence-electron chi connectivity index (χ1n) is 12.3. The minimum Gasteiger partial charge on any atom is -0.495 e. The van der Waals surface area contributed by atoms with Gasteiger partial charge in [-0.2, -0.15) is 0 Å². The van der Waals surface area contributed by atoms with E-state index in [2.05, 4.69) is 26.4 Å². The highest BCUT2D eigenvalue weighted by atomic mass is 19.2. The van der Waals surface area contributed by atoms with Crippen molar-refractivity contribution in [2.24, 2.45) is 5.16 Å². The first-order valence-corrected chi connectivity index (χ1v) is 12.3. The second-order valence-electron chi connectivity index (χ2n) is 9.72. The van der Waals surface area contributed by atoms with Crippen LogP contribution in [0.3, 0.4) is 0 Å². The molecule has 2 atom stereocenters. The minimum absolute atomic E-state index is 0.124. The van der Waals surface area contributed by atoms with Crippen LogP contribution in [-0.4, -0.2) is 53.6 Å². The highest BCUT2D eigenvalue weighted by Gasteiger charge is 2.46. The molecule has 0 radical (unpaired) electrons. The molecule has 0 saturated carbocycles. The highest BCUT2D eigenvalue weighted by Crippen LogP contribution is 2.40. The topological polar surface area (TPSA) is 63.9 Å². The summed E-state index contributed by atoms with van der Waals surface area (Å²) < 4.78 is 35.6. The van der Waals surface area contributed by atoms with Gasteiger partial charge in [0.1, 0.15) is 12.9 Å². The van der Waals surface area contributed by atoms with E-state index in [4.69, 9.17) is 9.57 Å². The van der Waals surface area contributed by atoms with Crippen LogP contribution in [0.4, 0.5) is 8.78 Å². The smallest absolute Gasteiger partial charge is 0.172 e. The van der Waals surface area contributed by atoms with Gasteiger partial charge in [-0.25, -0.2) is 13.8 Å². The number of aromatic nitrogens is 2. The van der Waals surface area contributed by atoms with Crippen LogP contribution in [0.25, 0.3) is 11.8 Å². The number of methoxy groups -OCH3 is 1. The van der Waals surface area contributed by atoms with Crippen LogP contribution in [0.15, 0.2) is 59.7 Å². The van der Waals surface area contributed by atoms with Crippen molar-refractivity contribution in [3.63, 3.8) is 0 Å². The summed E-state index contributed by atoms with van der Waals surface area (Å²) >= 11 is 0. The van der Waals surface area contributed by atoms with Gasteiger partial charge in [-0.05, 0) is 73.7 Å². The molecule has 5 rings (SSSR count). The van der Waals surface area contributed by atoms with Crippen LogP contribution < -0.4 is 10.1 Å². The number of imidazole rings is 1. The fourth-order valence-electron chi connectivity index (χ4n) is 5.44. The first kappa shape index (κ1) is 25.0. The van der Waals surface area contributed by atoms with Crippen molar-refractivity contribution in [1.82, 2.24) is 19.8 Å². The third kappa shape index (κ3) is 4.59. The molecule has 2 aliphatic rings. The fourth-order valence-corrected chi connectivity index (χ4v) is 5.44. The summed E-state index contributed by atoms with van der Waals surface area (Å²) in [6, 6.07) is 10.3. The van der Waals surface area contributed by atoms with E-state index in [0.717, 1.165) is 47.7 Å². The van der Waals surface area contributed by atoms with Gasteiger partial charge in [-0.3, -0.25) is 0 Å². The van der Waals surface area contributed by atoms with Gasteiger partial charge in [0.2, 0.25) is 0 Å². The van der Waals surface area contributed by atoms with E-state index in [0.29, 0.717) is 17.9 Å². The summed E-state index contributed by atoms with van der Waals surface area (Å²) in [5.41, 5.74) is 3.80. The highest BCUT2D eigenvalue weighted by molar-refractivity contribution is 6.03. The molecule has 37 heavy (non-hydrogen) atoms. The second-order valence-corrected chi connectivity index (χ2v) is 9.72. The summed E-state index contributed by atoms with van der Waals surface area (Å²) in [5.74, 6) is -0.305. The Kier molecular flexibility index (Phi) is 6.72. The van der Waals surface area contributed by atoms with Crippen LogP contribution in [0, 0.1) is 18.6 Å². The zero-order valence-corrected chi connectivity index (χ0v) is 21.5. The maximum atomic E-state index is 14.3. The number of ether oxygens (including phenoxy) is 1. The Morgan fingerprint density at radius 3 is 2.70 bits per heavy atom. The third-order valence-electron chi connectivity index (χ3n) is 7.26. The van der Waals surface area contributed by atoms with Crippen molar-refractivity contribution >= 4 is 11.9 Å². The number of amidine groups is 1. The Bertz CT molecular complexity index is 1370. The third-order valence-corrected chi connectivity index (χ3v) is 7.26. The number of aryl methyl sites for hydroxylation is 1. The molecule has 2 unspecified atom stereocenters. The molecule has 0 amide bonds. The van der Waals surface area contributed by atoms with E-state index >= 15 is 0 Å². The van der Waals surface area contributed by atoms with Gasteiger partial charge >= 0.3 is 0 Å². The molecule has 2 aliphatic heterocycles. The van der Waals surface area contributed by atoms with Crippen molar-refractivity contribution in [2.45, 2.75) is 38.3 Å². The van der Waals surface area contributed by atoms with Crippen molar-refractivity contribution < 1.29 is 18.4 Å². The van der Waals surface area contributed by atoms with E-state index in [1.165, 1.54) is 19.2 Å². The average Bonchev–Trinajstić information content (AvgIpc) is 3.33. The molecule has 0 bridgehead atoms. The Morgan fingerprint density at radius 1 is 1.16 bits per heavy atom. The number of benzene rings is 2. The number of fused-ring (bicyclic) bond motifs is 1. The number of nitrogens with zero attached hydrogens (tertiary/aromatic N) is 4. The lowest BCUT2D eigenvalue weighted by molar-refractivity contribution is 0.0760. The van der Waals surface area contributed by atoms with Gasteiger partial charge in [-0.1, -0.05) is 17.3 Å². The minimum atomic E-state index is -0.862. The number of piperidine rings is 1. The van der Waals surface area contributed by atoms with Crippen molar-refractivity contribution in [3.8, 4) is 11.4 Å². The largest absolute Gasteiger partial charge is 0.495 e. The standard InChI is InChI=1S/C28H31F2N5O2/c1-18-15-34(17-32-18)25-10-5-19(12-26(25)36-3)11-20-6-8-22-14-31-16-28(2,35(22)27(20)33-37-4)21-7-9-23(29)24(30)13-21/h5,7,9-13,15,17,22,31H,6,8,14,16H2,1-4H3. The Hall–Kier alpha value is -3.72. The van der Waals surface area contributed by atoms with Crippen molar-refractivity contribution in [1.29, 1.82) is 0 Å². The molecule has 2 aromatic carbocycles. The molecule has 2 saturated heterocycles. The maximum Gasteiger partial charge on any atom is 0.172 e. The van der Waals surface area contributed by atoms with Gasteiger partial charge < -0.3 is 24.4 Å². The summed E-state index contributed by atoms with van der Waals surface area (Å²) in [6.45, 7) is 5.29. The molecule has 2 fully saturated rings. The summed E-state index contributed by atoms with van der Waals surface area (Å²) in [5, 5.41) is 7.93. The summed E-state index contributed by atoms with van der Waals surface area (Å²) in [4.78, 5) is 11.8. The number of hydrogen-bond donors (Lipinski definition) is 1. The lowest BCUT2D eigenvalue weighted by Crippen LogP contribution is -2.66. The second kappa shape index (κ2) is 9.97. The number of piperazine rings is 1. The van der Waals surface area contributed by atoms with Gasteiger partial charge in [0.25, 0.3) is 0 Å². The lowest BCUT2D eigenvalue weighted by Gasteiger charge is -2.54. The maximum absolute atomic E-state index is 14.3. The summed E-state index contributed by atoms with van der Waals surface area (Å²) in [6.07, 6.45) is 7.48. The monoisotopic (exact) mass is 507 g/mol. The lowest BCUT2D eigenvalue weighted by atomic mass is 9.81. The number of hydrogen-bond acceptors (Lipinski definition) is 5. The van der Waals surface area contributed by atoms with E-state index in [1.807, 2.05) is 42.8 Å². The quantitative estimate of drug-likeness (QED) is 0.503. The van der Waals surface area contributed by atoms with Crippen LogP contribution in [-0.2, 0) is 10.4 Å². The van der Waals surface area contributed by atoms with Gasteiger partial charge in [0, 0.05) is 25.3 Å². The molecule has 0 aliphatic carbocycles. The van der Waals surface area contributed by atoms with Crippen molar-refractivity contribution in [2.75, 3.05) is 27.3 Å². The molecule has 0 spiro atoms. The average molecular weight is 508 g/mol. The first-order chi connectivity index (χ1) is 17.8. The van der Waals surface area contributed by atoms with Gasteiger partial charge in [-0.15, -0.1) is 0 Å². The molecule has 1 aromatic heterocycles.